The number of nitrogens with zero attached hydrogens (tertiary/aromatic N) is 2. The fourth-order valence-electron chi connectivity index (χ4n) is 4.48. The zero-order valence-electron chi connectivity index (χ0n) is 17.2. The van der Waals surface area contributed by atoms with Gasteiger partial charge >= 0.3 is 0 Å². The summed E-state index contributed by atoms with van der Waals surface area (Å²) in [6.45, 7) is 0. The highest BCUT2D eigenvalue weighted by Gasteiger charge is 2.23. The monoisotopic (exact) mass is 413 g/mol. The molecule has 31 heavy (non-hydrogen) atoms. The Kier molecular flexibility index (Phi) is 5.24. The van der Waals surface area contributed by atoms with Crippen LogP contribution in [0.25, 0.3) is 22.4 Å². The van der Waals surface area contributed by atoms with Crippen LogP contribution in [0, 0.1) is 5.82 Å². The van der Waals surface area contributed by atoms with E-state index < -0.39 is 0 Å². The Morgan fingerprint density at radius 3 is 2.42 bits per heavy atom. The molecule has 0 aliphatic heterocycles. The third-order valence-corrected chi connectivity index (χ3v) is 6.03. The summed E-state index contributed by atoms with van der Waals surface area (Å²) in [6, 6.07) is 22.1. The third kappa shape index (κ3) is 3.96. The van der Waals surface area contributed by atoms with Gasteiger partial charge in [-0.1, -0.05) is 49.6 Å². The molecule has 1 aromatic heterocycles. The maximum Gasteiger partial charge on any atom is 0.255 e. The van der Waals surface area contributed by atoms with Gasteiger partial charge in [-0.05, 0) is 55.3 Å². The Morgan fingerprint density at radius 2 is 1.68 bits per heavy atom. The molecule has 0 radical (unpaired) electrons. The molecule has 4 aromatic rings. The number of aromatic nitrogens is 2. The lowest BCUT2D eigenvalue weighted by atomic mass is 9.95. The molecule has 1 saturated carbocycles. The molecule has 1 heterocycles. The number of hydrogen-bond donors (Lipinski definition) is 1. The van der Waals surface area contributed by atoms with Crippen LogP contribution in [0.5, 0.6) is 0 Å². The van der Waals surface area contributed by atoms with Crippen molar-refractivity contribution in [1.29, 1.82) is 0 Å². The lowest BCUT2D eigenvalue weighted by Crippen LogP contribution is -2.14. The van der Waals surface area contributed by atoms with Gasteiger partial charge in [0.25, 0.3) is 5.91 Å². The van der Waals surface area contributed by atoms with E-state index in [1.807, 2.05) is 36.4 Å². The number of nitrogens with one attached hydrogen (secondary N) is 1. The van der Waals surface area contributed by atoms with Crippen LogP contribution in [0.3, 0.4) is 0 Å². The van der Waals surface area contributed by atoms with E-state index in [-0.39, 0.29) is 11.7 Å². The van der Waals surface area contributed by atoms with E-state index in [0.29, 0.717) is 17.3 Å². The fourth-order valence-corrected chi connectivity index (χ4v) is 4.48. The number of benzene rings is 3. The molecule has 0 spiro atoms. The smallest absolute Gasteiger partial charge is 0.255 e. The number of rotatable bonds is 4. The molecule has 4 nitrogen and oxygen atoms in total. The Balaban J connectivity index is 1.54. The van der Waals surface area contributed by atoms with Crippen molar-refractivity contribution in [3.8, 4) is 11.4 Å². The minimum Gasteiger partial charge on any atom is -0.322 e. The van der Waals surface area contributed by atoms with Crippen molar-refractivity contribution in [1.82, 2.24) is 9.55 Å². The highest BCUT2D eigenvalue weighted by atomic mass is 19.1. The second-order valence-electron chi connectivity index (χ2n) is 8.13. The van der Waals surface area contributed by atoms with Gasteiger partial charge in [0.15, 0.2) is 0 Å². The number of hydrogen-bond acceptors (Lipinski definition) is 2. The molecule has 1 amide bonds. The summed E-state index contributed by atoms with van der Waals surface area (Å²) in [5.74, 6) is 0.390. The second kappa shape index (κ2) is 8.34. The van der Waals surface area contributed by atoms with Crippen LogP contribution in [0.2, 0.25) is 0 Å². The van der Waals surface area contributed by atoms with Gasteiger partial charge in [-0.2, -0.15) is 0 Å². The van der Waals surface area contributed by atoms with E-state index in [2.05, 4.69) is 22.0 Å². The van der Waals surface area contributed by atoms with Gasteiger partial charge in [0.05, 0.1) is 11.0 Å². The molecule has 5 heteroatoms. The van der Waals surface area contributed by atoms with Gasteiger partial charge in [0.2, 0.25) is 0 Å². The van der Waals surface area contributed by atoms with Gasteiger partial charge in [0, 0.05) is 22.9 Å². The minimum atomic E-state index is -0.332. The van der Waals surface area contributed by atoms with Crippen LogP contribution < -0.4 is 5.32 Å². The minimum absolute atomic E-state index is 0.234. The van der Waals surface area contributed by atoms with Crippen molar-refractivity contribution >= 4 is 22.6 Å². The lowest BCUT2D eigenvalue weighted by Gasteiger charge is -2.25. The number of imidazole rings is 1. The first kappa shape index (κ1) is 19.5. The summed E-state index contributed by atoms with van der Waals surface area (Å²) in [5.41, 5.74) is 4.05. The standard InChI is InChI=1S/C26H24FN3O/c27-20-12-14-21(15-13-20)28-26(31)19-11-16-24-23(17-19)29-25(18-7-3-1-4-8-18)30(24)22-9-5-2-6-10-22/h1,3-4,7-8,11-17,22H,2,5-6,9-10H2,(H,28,31). The SMILES string of the molecule is O=C(Nc1ccc(F)cc1)c1ccc2c(c1)nc(-c1ccccc1)n2C1CCCCC1. The average Bonchev–Trinajstić information content (AvgIpc) is 3.20. The zero-order chi connectivity index (χ0) is 21.2. The average molecular weight is 413 g/mol. The molecule has 3 aromatic carbocycles. The van der Waals surface area contributed by atoms with Crippen LogP contribution >= 0.6 is 0 Å². The zero-order valence-corrected chi connectivity index (χ0v) is 17.2. The summed E-state index contributed by atoms with van der Waals surface area (Å²) >= 11 is 0. The van der Waals surface area contributed by atoms with E-state index in [9.17, 15) is 9.18 Å². The molecule has 1 N–H and O–H groups in total. The Labute approximate surface area is 180 Å². The highest BCUT2D eigenvalue weighted by molar-refractivity contribution is 6.06. The highest BCUT2D eigenvalue weighted by Crippen LogP contribution is 2.36. The van der Waals surface area contributed by atoms with E-state index >= 15 is 0 Å². The summed E-state index contributed by atoms with van der Waals surface area (Å²) in [4.78, 5) is 17.7. The van der Waals surface area contributed by atoms with Gasteiger partial charge in [0.1, 0.15) is 11.6 Å². The molecule has 5 rings (SSSR count). The van der Waals surface area contributed by atoms with Crippen LogP contribution in [0.4, 0.5) is 10.1 Å². The molecule has 0 atom stereocenters. The summed E-state index contributed by atoms with van der Waals surface area (Å²) < 4.78 is 15.5. The van der Waals surface area contributed by atoms with Gasteiger partial charge in [-0.3, -0.25) is 4.79 Å². The first-order valence-corrected chi connectivity index (χ1v) is 10.8. The lowest BCUT2D eigenvalue weighted by molar-refractivity contribution is 0.102. The Morgan fingerprint density at radius 1 is 0.935 bits per heavy atom. The van der Waals surface area contributed by atoms with Crippen LogP contribution in [-0.2, 0) is 0 Å². The van der Waals surface area contributed by atoms with E-state index in [0.717, 1.165) is 35.3 Å². The van der Waals surface area contributed by atoms with Crippen molar-refractivity contribution in [2.24, 2.45) is 0 Å². The van der Waals surface area contributed by atoms with E-state index in [4.69, 9.17) is 4.98 Å². The number of carbonyl (C=O) groups excluding carboxylic acids is 1. The van der Waals surface area contributed by atoms with Crippen LogP contribution in [-0.4, -0.2) is 15.5 Å². The first-order valence-electron chi connectivity index (χ1n) is 10.8. The van der Waals surface area contributed by atoms with Crippen LogP contribution in [0.15, 0.2) is 72.8 Å². The maximum absolute atomic E-state index is 13.1. The molecule has 0 unspecified atom stereocenters. The molecule has 1 aliphatic rings. The normalized spacial score (nSPS) is 14.6. The largest absolute Gasteiger partial charge is 0.322 e. The van der Waals surface area contributed by atoms with Crippen LogP contribution in [0.1, 0.15) is 48.5 Å². The van der Waals surface area contributed by atoms with E-state index in [1.54, 1.807) is 12.1 Å². The van der Waals surface area contributed by atoms with Crippen molar-refractivity contribution in [2.45, 2.75) is 38.1 Å². The van der Waals surface area contributed by atoms with E-state index in [1.165, 1.54) is 31.4 Å². The molecule has 1 aliphatic carbocycles. The molecule has 1 fully saturated rings. The molecule has 0 bridgehead atoms. The fraction of sp³-hybridized carbons (Fsp3) is 0.231. The summed E-state index contributed by atoms with van der Waals surface area (Å²) in [5, 5.41) is 2.83. The number of carbonyl (C=O) groups is 1. The topological polar surface area (TPSA) is 46.9 Å². The summed E-state index contributed by atoms with van der Waals surface area (Å²) in [7, 11) is 0. The van der Waals surface area contributed by atoms with Gasteiger partial charge in [-0.15, -0.1) is 0 Å². The van der Waals surface area contributed by atoms with Gasteiger partial charge < -0.3 is 9.88 Å². The quantitative estimate of drug-likeness (QED) is 0.410. The molecule has 156 valence electrons. The molecular weight excluding hydrogens is 389 g/mol. The predicted molar refractivity (Wildman–Crippen MR) is 122 cm³/mol. The maximum atomic E-state index is 13.1. The second-order valence-corrected chi connectivity index (χ2v) is 8.13. The third-order valence-electron chi connectivity index (χ3n) is 6.03. The number of amides is 1. The Hall–Kier alpha value is -3.47. The molecule has 0 saturated heterocycles. The summed E-state index contributed by atoms with van der Waals surface area (Å²) in [6.07, 6.45) is 6.06. The predicted octanol–water partition coefficient (Wildman–Crippen LogP) is 6.60. The van der Waals surface area contributed by atoms with Crippen molar-refractivity contribution in [2.75, 3.05) is 5.32 Å². The number of anilines is 1. The van der Waals surface area contributed by atoms with Gasteiger partial charge in [-0.25, -0.2) is 9.37 Å². The first-order chi connectivity index (χ1) is 15.2. The molecular formula is C26H24FN3O. The van der Waals surface area contributed by atoms with Crippen molar-refractivity contribution in [3.63, 3.8) is 0 Å². The number of halogens is 1. The number of fused-ring (bicyclic) bond motifs is 1. The van der Waals surface area contributed by atoms with Crippen molar-refractivity contribution in [3.05, 3.63) is 84.2 Å². The van der Waals surface area contributed by atoms with Crippen molar-refractivity contribution < 1.29 is 9.18 Å². The Bertz CT molecular complexity index is 1210.